The van der Waals surface area contributed by atoms with Crippen LogP contribution in [0.4, 0.5) is 5.69 Å². The summed E-state index contributed by atoms with van der Waals surface area (Å²) in [6, 6.07) is 10.7. The van der Waals surface area contributed by atoms with Gasteiger partial charge in [0.05, 0.1) is 17.9 Å². The third kappa shape index (κ3) is 4.46. The molecule has 1 aliphatic heterocycles. The summed E-state index contributed by atoms with van der Waals surface area (Å²) in [7, 11) is -2.11. The molecule has 6 nitrogen and oxygen atoms in total. The number of nitrogens with zero attached hydrogens (tertiary/aromatic N) is 1. The van der Waals surface area contributed by atoms with Gasteiger partial charge in [0.15, 0.2) is 0 Å². The monoisotopic (exact) mass is 416 g/mol. The van der Waals surface area contributed by atoms with E-state index in [4.69, 9.17) is 4.74 Å². The molecule has 2 aromatic carbocycles. The summed E-state index contributed by atoms with van der Waals surface area (Å²) in [5.74, 6) is 0.138. The van der Waals surface area contributed by atoms with Crippen LogP contribution in [0.2, 0.25) is 0 Å². The Labute approximate surface area is 172 Å². The molecule has 0 aliphatic carbocycles. The average molecular weight is 417 g/mol. The molecule has 1 heterocycles. The number of sulfonamides is 1. The first-order valence-corrected chi connectivity index (χ1v) is 11.2. The zero-order valence-corrected chi connectivity index (χ0v) is 18.2. The third-order valence-corrected chi connectivity index (χ3v) is 7.35. The molecule has 1 saturated heterocycles. The molecule has 0 bridgehead atoms. The van der Waals surface area contributed by atoms with Crippen molar-refractivity contribution < 1.29 is 17.9 Å². The van der Waals surface area contributed by atoms with Gasteiger partial charge in [-0.25, -0.2) is 8.42 Å². The second-order valence-corrected chi connectivity index (χ2v) is 9.53. The number of aryl methyl sites for hydroxylation is 3. The van der Waals surface area contributed by atoms with Crippen molar-refractivity contribution in [2.75, 3.05) is 25.5 Å². The van der Waals surface area contributed by atoms with E-state index in [9.17, 15) is 13.2 Å². The van der Waals surface area contributed by atoms with E-state index in [0.717, 1.165) is 22.4 Å². The van der Waals surface area contributed by atoms with E-state index >= 15 is 0 Å². The number of piperidine rings is 1. The van der Waals surface area contributed by atoms with Gasteiger partial charge in [-0.05, 0) is 68.5 Å². The Bertz CT molecular complexity index is 997. The van der Waals surface area contributed by atoms with Crippen molar-refractivity contribution in [1.29, 1.82) is 0 Å². The van der Waals surface area contributed by atoms with Crippen LogP contribution in [-0.2, 0) is 14.8 Å². The topological polar surface area (TPSA) is 75.7 Å². The highest BCUT2D eigenvalue weighted by molar-refractivity contribution is 7.89. The van der Waals surface area contributed by atoms with Crippen molar-refractivity contribution in [1.82, 2.24) is 4.31 Å². The average Bonchev–Trinajstić information content (AvgIpc) is 2.70. The molecule has 2 aromatic rings. The quantitative estimate of drug-likeness (QED) is 0.807. The molecule has 0 spiro atoms. The minimum Gasteiger partial charge on any atom is -0.496 e. The molecule has 1 fully saturated rings. The molecule has 29 heavy (non-hydrogen) atoms. The number of amides is 1. The fourth-order valence-corrected chi connectivity index (χ4v) is 5.38. The van der Waals surface area contributed by atoms with Crippen LogP contribution in [0.5, 0.6) is 5.75 Å². The van der Waals surface area contributed by atoms with Crippen LogP contribution in [0, 0.1) is 26.7 Å². The molecule has 1 N–H and O–H groups in total. The number of hydrogen-bond acceptors (Lipinski definition) is 4. The Morgan fingerprint density at radius 2 is 1.79 bits per heavy atom. The first-order chi connectivity index (χ1) is 13.7. The molecule has 1 unspecified atom stereocenters. The summed E-state index contributed by atoms with van der Waals surface area (Å²) in [5, 5.41) is 3.01. The van der Waals surface area contributed by atoms with Gasteiger partial charge < -0.3 is 10.1 Å². The third-order valence-electron chi connectivity index (χ3n) is 5.49. The van der Waals surface area contributed by atoms with Crippen molar-refractivity contribution in [2.45, 2.75) is 38.5 Å². The number of rotatable bonds is 5. The summed E-state index contributed by atoms with van der Waals surface area (Å²) in [6.07, 6.45) is 1.32. The van der Waals surface area contributed by atoms with Gasteiger partial charge in [0.2, 0.25) is 15.9 Å². The second-order valence-electron chi connectivity index (χ2n) is 7.59. The predicted octanol–water partition coefficient (Wildman–Crippen LogP) is 3.66. The number of anilines is 1. The van der Waals surface area contributed by atoms with E-state index in [1.165, 1.54) is 4.31 Å². The Morgan fingerprint density at radius 3 is 2.41 bits per heavy atom. The van der Waals surface area contributed by atoms with Crippen LogP contribution in [0.3, 0.4) is 0 Å². The van der Waals surface area contributed by atoms with E-state index in [-0.39, 0.29) is 23.3 Å². The van der Waals surface area contributed by atoms with Crippen LogP contribution >= 0.6 is 0 Å². The van der Waals surface area contributed by atoms with Crippen LogP contribution < -0.4 is 10.1 Å². The van der Waals surface area contributed by atoms with Crippen LogP contribution in [0.1, 0.15) is 29.5 Å². The van der Waals surface area contributed by atoms with Crippen molar-refractivity contribution in [3.8, 4) is 5.75 Å². The number of carbonyl (C=O) groups excluding carboxylic acids is 1. The molecule has 156 valence electrons. The molecule has 0 aromatic heterocycles. The van der Waals surface area contributed by atoms with Gasteiger partial charge in [-0.2, -0.15) is 4.31 Å². The second kappa shape index (κ2) is 8.55. The highest BCUT2D eigenvalue weighted by atomic mass is 32.2. The number of benzene rings is 2. The van der Waals surface area contributed by atoms with E-state index < -0.39 is 10.0 Å². The number of para-hydroxylation sites is 1. The van der Waals surface area contributed by atoms with Crippen molar-refractivity contribution in [3.63, 3.8) is 0 Å². The van der Waals surface area contributed by atoms with E-state index in [1.807, 2.05) is 39.0 Å². The Morgan fingerprint density at radius 1 is 1.10 bits per heavy atom. The van der Waals surface area contributed by atoms with Gasteiger partial charge in [0.1, 0.15) is 5.75 Å². The zero-order chi connectivity index (χ0) is 21.2. The minimum absolute atomic E-state index is 0.131. The number of carbonyl (C=O) groups is 1. The lowest BCUT2D eigenvalue weighted by atomic mass is 9.98. The first kappa shape index (κ1) is 21.3. The van der Waals surface area contributed by atoms with Gasteiger partial charge >= 0.3 is 0 Å². The standard InChI is InChI=1S/C22H28N2O4S/c1-15-7-5-8-16(2)21(15)23-22(25)18-9-6-12-24(14-18)29(26,27)19-10-11-20(28-4)17(3)13-19/h5,7-8,10-11,13,18H,6,9,12,14H2,1-4H3,(H,23,25). The molecule has 1 aliphatic rings. The summed E-state index contributed by atoms with van der Waals surface area (Å²) in [4.78, 5) is 13.1. The normalized spacial score (nSPS) is 17.7. The summed E-state index contributed by atoms with van der Waals surface area (Å²) < 4.78 is 32.9. The fourth-order valence-electron chi connectivity index (χ4n) is 3.77. The Hall–Kier alpha value is -2.38. The molecule has 3 rings (SSSR count). The summed E-state index contributed by atoms with van der Waals surface area (Å²) in [5.41, 5.74) is 3.55. The van der Waals surface area contributed by atoms with Gasteiger partial charge in [-0.3, -0.25) is 4.79 Å². The highest BCUT2D eigenvalue weighted by Gasteiger charge is 2.33. The highest BCUT2D eigenvalue weighted by Crippen LogP contribution is 2.28. The largest absolute Gasteiger partial charge is 0.496 e. The lowest BCUT2D eigenvalue weighted by Gasteiger charge is -2.31. The predicted molar refractivity (Wildman–Crippen MR) is 114 cm³/mol. The van der Waals surface area contributed by atoms with Gasteiger partial charge in [-0.1, -0.05) is 18.2 Å². The van der Waals surface area contributed by atoms with Crippen LogP contribution in [-0.4, -0.2) is 38.8 Å². The van der Waals surface area contributed by atoms with E-state index in [2.05, 4.69) is 5.32 Å². The maximum Gasteiger partial charge on any atom is 0.243 e. The molecule has 0 radical (unpaired) electrons. The van der Waals surface area contributed by atoms with Gasteiger partial charge in [-0.15, -0.1) is 0 Å². The molecule has 1 atom stereocenters. The Kier molecular flexibility index (Phi) is 6.29. The molecule has 0 saturated carbocycles. The SMILES string of the molecule is COc1ccc(S(=O)(=O)N2CCCC(C(=O)Nc3c(C)cccc3C)C2)cc1C. The number of hydrogen-bond donors (Lipinski definition) is 1. The van der Waals surface area contributed by atoms with E-state index in [0.29, 0.717) is 25.1 Å². The smallest absolute Gasteiger partial charge is 0.243 e. The minimum atomic E-state index is -3.67. The molecule has 1 amide bonds. The molecule has 7 heteroatoms. The van der Waals surface area contributed by atoms with Crippen molar-refractivity contribution in [2.24, 2.45) is 5.92 Å². The van der Waals surface area contributed by atoms with Crippen LogP contribution in [0.15, 0.2) is 41.3 Å². The summed E-state index contributed by atoms with van der Waals surface area (Å²) in [6.45, 7) is 6.32. The lowest BCUT2D eigenvalue weighted by Crippen LogP contribution is -2.43. The maximum atomic E-state index is 13.1. The van der Waals surface area contributed by atoms with Gasteiger partial charge in [0, 0.05) is 18.8 Å². The summed E-state index contributed by atoms with van der Waals surface area (Å²) >= 11 is 0. The zero-order valence-electron chi connectivity index (χ0n) is 17.4. The number of ether oxygens (including phenoxy) is 1. The van der Waals surface area contributed by atoms with Crippen molar-refractivity contribution in [3.05, 3.63) is 53.1 Å². The number of methoxy groups -OCH3 is 1. The fraction of sp³-hybridized carbons (Fsp3) is 0.409. The first-order valence-electron chi connectivity index (χ1n) is 9.76. The van der Waals surface area contributed by atoms with Gasteiger partial charge in [0.25, 0.3) is 0 Å². The maximum absolute atomic E-state index is 13.1. The van der Waals surface area contributed by atoms with E-state index in [1.54, 1.807) is 25.3 Å². The number of nitrogens with one attached hydrogen (secondary N) is 1. The molecular formula is C22H28N2O4S. The lowest BCUT2D eigenvalue weighted by molar-refractivity contribution is -0.120. The Balaban J connectivity index is 1.77. The molecular weight excluding hydrogens is 388 g/mol. The van der Waals surface area contributed by atoms with Crippen molar-refractivity contribution >= 4 is 21.6 Å². The van der Waals surface area contributed by atoms with Crippen LogP contribution in [0.25, 0.3) is 0 Å².